The van der Waals surface area contributed by atoms with Gasteiger partial charge in [0.1, 0.15) is 18.1 Å². The van der Waals surface area contributed by atoms with E-state index in [2.05, 4.69) is 4.72 Å². The number of hydrogen-bond acceptors (Lipinski definition) is 4. The van der Waals surface area contributed by atoms with Gasteiger partial charge < -0.3 is 9.47 Å². The summed E-state index contributed by atoms with van der Waals surface area (Å²) in [6.07, 6.45) is 0.0443. The van der Waals surface area contributed by atoms with Crippen molar-refractivity contribution >= 4 is 10.0 Å². The van der Waals surface area contributed by atoms with Gasteiger partial charge in [-0.3, -0.25) is 0 Å². The number of ether oxygens (including phenoxy) is 2. The van der Waals surface area contributed by atoms with E-state index in [0.29, 0.717) is 5.75 Å². The zero-order chi connectivity index (χ0) is 18.4. The molecule has 0 saturated heterocycles. The molecule has 2 aromatic rings. The van der Waals surface area contributed by atoms with Crippen LogP contribution in [-0.4, -0.2) is 27.7 Å². The van der Waals surface area contributed by atoms with Crippen molar-refractivity contribution in [3.63, 3.8) is 0 Å². The monoisotopic (exact) mass is 363 g/mol. The van der Waals surface area contributed by atoms with Gasteiger partial charge in [-0.25, -0.2) is 13.1 Å². The maximum absolute atomic E-state index is 12.3. The normalized spacial score (nSPS) is 11.6. The van der Waals surface area contributed by atoms with Crippen LogP contribution in [0.2, 0.25) is 0 Å². The van der Waals surface area contributed by atoms with Gasteiger partial charge >= 0.3 is 0 Å². The van der Waals surface area contributed by atoms with Crippen molar-refractivity contribution < 1.29 is 17.9 Å². The molecule has 0 aliphatic rings. The Labute approximate surface area is 150 Å². The zero-order valence-electron chi connectivity index (χ0n) is 15.1. The molecule has 1 N–H and O–H groups in total. The number of aryl methyl sites for hydroxylation is 1. The van der Waals surface area contributed by atoms with Crippen LogP contribution in [0.5, 0.6) is 11.5 Å². The molecule has 0 fully saturated rings. The first-order chi connectivity index (χ1) is 11.8. The van der Waals surface area contributed by atoms with Gasteiger partial charge in [0.25, 0.3) is 0 Å². The minimum atomic E-state index is -3.56. The second kappa shape index (κ2) is 8.36. The number of nitrogens with one attached hydrogen (secondary N) is 1. The van der Waals surface area contributed by atoms with E-state index in [1.165, 1.54) is 12.1 Å². The summed E-state index contributed by atoms with van der Waals surface area (Å²) in [6, 6.07) is 12.2. The molecule has 6 heteroatoms. The van der Waals surface area contributed by atoms with Gasteiger partial charge in [0, 0.05) is 6.54 Å². The minimum absolute atomic E-state index is 0.0443. The van der Waals surface area contributed by atoms with Gasteiger partial charge in [-0.1, -0.05) is 12.1 Å². The van der Waals surface area contributed by atoms with E-state index >= 15 is 0 Å². The molecule has 136 valence electrons. The Morgan fingerprint density at radius 3 is 2.36 bits per heavy atom. The number of rotatable bonds is 8. The van der Waals surface area contributed by atoms with E-state index in [1.54, 1.807) is 12.1 Å². The van der Waals surface area contributed by atoms with Crippen LogP contribution in [-0.2, 0) is 10.0 Å². The highest BCUT2D eigenvalue weighted by molar-refractivity contribution is 7.89. The summed E-state index contributed by atoms with van der Waals surface area (Å²) in [5.41, 5.74) is 2.20. The first-order valence-corrected chi connectivity index (χ1v) is 9.73. The lowest BCUT2D eigenvalue weighted by atomic mass is 10.1. The second-order valence-corrected chi connectivity index (χ2v) is 7.85. The predicted molar refractivity (Wildman–Crippen MR) is 98.8 cm³/mol. The molecule has 0 unspecified atom stereocenters. The van der Waals surface area contributed by atoms with Gasteiger partial charge in [-0.15, -0.1) is 0 Å². The summed E-state index contributed by atoms with van der Waals surface area (Å²) in [5, 5.41) is 0. The SMILES string of the molecule is Cc1cccc(OCCNS(=O)(=O)c2ccc(OC(C)C)cc2)c1C. The molecule has 25 heavy (non-hydrogen) atoms. The molecular weight excluding hydrogens is 338 g/mol. The van der Waals surface area contributed by atoms with E-state index in [9.17, 15) is 8.42 Å². The third kappa shape index (κ3) is 5.47. The molecule has 0 amide bonds. The largest absolute Gasteiger partial charge is 0.492 e. The van der Waals surface area contributed by atoms with E-state index in [0.717, 1.165) is 16.9 Å². The fourth-order valence-electron chi connectivity index (χ4n) is 2.27. The Kier molecular flexibility index (Phi) is 6.45. The Hall–Kier alpha value is -2.05. The smallest absolute Gasteiger partial charge is 0.240 e. The average Bonchev–Trinajstić information content (AvgIpc) is 2.55. The van der Waals surface area contributed by atoms with Gasteiger partial charge in [-0.2, -0.15) is 0 Å². The third-order valence-corrected chi connectivity index (χ3v) is 5.19. The predicted octanol–water partition coefficient (Wildman–Crippen LogP) is 3.45. The molecule has 0 radical (unpaired) electrons. The van der Waals surface area contributed by atoms with Crippen molar-refractivity contribution in [3.8, 4) is 11.5 Å². The van der Waals surface area contributed by atoms with Crippen molar-refractivity contribution in [2.45, 2.75) is 38.7 Å². The van der Waals surface area contributed by atoms with Gasteiger partial charge in [0.05, 0.1) is 11.0 Å². The van der Waals surface area contributed by atoms with E-state index in [4.69, 9.17) is 9.47 Å². The first-order valence-electron chi connectivity index (χ1n) is 8.25. The maximum atomic E-state index is 12.3. The average molecular weight is 363 g/mol. The summed E-state index contributed by atoms with van der Waals surface area (Å²) in [5.74, 6) is 1.42. The summed E-state index contributed by atoms with van der Waals surface area (Å²) in [4.78, 5) is 0.204. The third-order valence-electron chi connectivity index (χ3n) is 3.71. The maximum Gasteiger partial charge on any atom is 0.240 e. The lowest BCUT2D eigenvalue weighted by Crippen LogP contribution is -2.28. The topological polar surface area (TPSA) is 64.6 Å². The molecule has 0 aromatic heterocycles. The molecule has 0 aliphatic carbocycles. The highest BCUT2D eigenvalue weighted by Crippen LogP contribution is 2.20. The highest BCUT2D eigenvalue weighted by atomic mass is 32.2. The van der Waals surface area contributed by atoms with Crippen LogP contribution in [0, 0.1) is 13.8 Å². The van der Waals surface area contributed by atoms with Crippen LogP contribution in [0.15, 0.2) is 47.4 Å². The standard InChI is InChI=1S/C19H25NO4S/c1-14(2)24-17-8-10-18(11-9-17)25(21,22)20-12-13-23-19-7-5-6-15(3)16(19)4/h5-11,14,20H,12-13H2,1-4H3. The summed E-state index contributed by atoms with van der Waals surface area (Å²) < 4.78 is 38.3. The quantitative estimate of drug-likeness (QED) is 0.730. The van der Waals surface area contributed by atoms with Crippen molar-refractivity contribution in [1.29, 1.82) is 0 Å². The summed E-state index contributed by atoms with van der Waals surface area (Å²) >= 11 is 0. The van der Waals surface area contributed by atoms with E-state index < -0.39 is 10.0 Å². The van der Waals surface area contributed by atoms with Gasteiger partial charge in [0.2, 0.25) is 10.0 Å². The molecule has 0 spiro atoms. The van der Waals surface area contributed by atoms with Crippen molar-refractivity contribution in [2.24, 2.45) is 0 Å². The molecule has 2 aromatic carbocycles. The Morgan fingerprint density at radius 1 is 1.04 bits per heavy atom. The second-order valence-electron chi connectivity index (χ2n) is 6.08. The number of hydrogen-bond donors (Lipinski definition) is 1. The fraction of sp³-hybridized carbons (Fsp3) is 0.368. The molecule has 0 heterocycles. The van der Waals surface area contributed by atoms with Crippen LogP contribution in [0.3, 0.4) is 0 Å². The first kappa shape index (κ1) is 19.3. The molecular formula is C19H25NO4S. The van der Waals surface area contributed by atoms with Crippen molar-refractivity contribution in [2.75, 3.05) is 13.2 Å². The number of benzene rings is 2. The van der Waals surface area contributed by atoms with Crippen LogP contribution in [0.4, 0.5) is 0 Å². The van der Waals surface area contributed by atoms with Crippen LogP contribution < -0.4 is 14.2 Å². The molecule has 0 saturated carbocycles. The molecule has 0 bridgehead atoms. The van der Waals surface area contributed by atoms with Crippen molar-refractivity contribution in [1.82, 2.24) is 4.72 Å². The highest BCUT2D eigenvalue weighted by Gasteiger charge is 2.13. The van der Waals surface area contributed by atoms with Crippen LogP contribution in [0.25, 0.3) is 0 Å². The van der Waals surface area contributed by atoms with Gasteiger partial charge in [0.15, 0.2) is 0 Å². The molecule has 2 rings (SSSR count). The molecule has 0 atom stereocenters. The van der Waals surface area contributed by atoms with Crippen LogP contribution in [0.1, 0.15) is 25.0 Å². The van der Waals surface area contributed by atoms with E-state index in [1.807, 2.05) is 45.9 Å². The Morgan fingerprint density at radius 2 is 1.72 bits per heavy atom. The summed E-state index contributed by atoms with van der Waals surface area (Å²) in [6.45, 7) is 8.29. The lowest BCUT2D eigenvalue weighted by Gasteiger charge is -2.12. The summed E-state index contributed by atoms with van der Waals surface area (Å²) in [7, 11) is -3.56. The molecule has 5 nitrogen and oxygen atoms in total. The fourth-order valence-corrected chi connectivity index (χ4v) is 3.28. The lowest BCUT2D eigenvalue weighted by molar-refractivity contribution is 0.242. The zero-order valence-corrected chi connectivity index (χ0v) is 15.9. The molecule has 0 aliphatic heterocycles. The minimum Gasteiger partial charge on any atom is -0.492 e. The van der Waals surface area contributed by atoms with Crippen molar-refractivity contribution in [3.05, 3.63) is 53.6 Å². The Balaban J connectivity index is 1.90. The number of sulfonamides is 1. The van der Waals surface area contributed by atoms with Crippen LogP contribution >= 0.6 is 0 Å². The van der Waals surface area contributed by atoms with E-state index in [-0.39, 0.29) is 24.2 Å². The van der Waals surface area contributed by atoms with Gasteiger partial charge in [-0.05, 0) is 69.2 Å². The Bertz CT molecular complexity index is 799.